The van der Waals surface area contributed by atoms with E-state index in [2.05, 4.69) is 26.0 Å². The van der Waals surface area contributed by atoms with Crippen LogP contribution < -0.4 is 5.32 Å². The Kier molecular flexibility index (Phi) is 6.15. The Morgan fingerprint density at radius 1 is 1.39 bits per heavy atom. The van der Waals surface area contributed by atoms with Gasteiger partial charge in [0.05, 0.1) is 13.5 Å². The fraction of sp³-hybridized carbons (Fsp3) is 0.333. The summed E-state index contributed by atoms with van der Waals surface area (Å²) in [6, 6.07) is 7.42. The highest BCUT2D eigenvalue weighted by Crippen LogP contribution is 2.10. The summed E-state index contributed by atoms with van der Waals surface area (Å²) in [6.07, 6.45) is 0.248. The zero-order valence-electron chi connectivity index (χ0n) is 9.78. The Bertz CT molecular complexity index is 422. The number of rotatable bonds is 5. The number of esters is 1. The molecule has 0 aromatic heterocycles. The Hall–Kier alpha value is -1.07. The van der Waals surface area contributed by atoms with Crippen molar-refractivity contribution in [1.82, 2.24) is 5.32 Å². The molecule has 0 heterocycles. The lowest BCUT2D eigenvalue weighted by Crippen LogP contribution is -2.35. The Morgan fingerprint density at radius 3 is 2.56 bits per heavy atom. The molecule has 1 amide bonds. The minimum absolute atomic E-state index is 0.0591. The minimum atomic E-state index is -0.858. The molecule has 0 radical (unpaired) electrons. The summed E-state index contributed by atoms with van der Waals surface area (Å²) in [7, 11) is 1.25. The summed E-state index contributed by atoms with van der Waals surface area (Å²) in [5, 5.41) is 1.72. The number of halogens is 2. The average Bonchev–Trinajstić information content (AvgIpc) is 2.37. The monoisotopic (exact) mass is 333 g/mol. The Labute approximate surface area is 119 Å². The van der Waals surface area contributed by atoms with Crippen LogP contribution in [0.4, 0.5) is 0 Å². The highest BCUT2D eigenvalue weighted by Gasteiger charge is 2.16. The van der Waals surface area contributed by atoms with Crippen LogP contribution in [0, 0.1) is 0 Å². The first-order valence-electron chi connectivity index (χ1n) is 5.26. The molecule has 6 heteroatoms. The van der Waals surface area contributed by atoms with E-state index in [4.69, 9.17) is 11.6 Å². The zero-order valence-corrected chi connectivity index (χ0v) is 12.1. The molecule has 4 nitrogen and oxygen atoms in total. The van der Waals surface area contributed by atoms with E-state index in [0.29, 0.717) is 0 Å². The molecule has 0 spiro atoms. The third kappa shape index (κ3) is 5.06. The minimum Gasteiger partial charge on any atom is -0.468 e. The van der Waals surface area contributed by atoms with Gasteiger partial charge in [-0.3, -0.25) is 9.59 Å². The van der Waals surface area contributed by atoms with Crippen LogP contribution >= 0.6 is 27.5 Å². The van der Waals surface area contributed by atoms with E-state index in [0.717, 1.165) is 10.0 Å². The third-order valence-electron chi connectivity index (χ3n) is 2.21. The van der Waals surface area contributed by atoms with Crippen molar-refractivity contribution in [2.24, 2.45) is 0 Å². The van der Waals surface area contributed by atoms with Crippen LogP contribution in [0.25, 0.3) is 0 Å². The number of carbonyl (C=O) groups is 2. The maximum Gasteiger partial charge on any atom is 0.325 e. The number of nitrogens with one attached hydrogen (secondary N) is 1. The summed E-state index contributed by atoms with van der Waals surface area (Å²) in [4.78, 5) is 22.6. The quantitative estimate of drug-likeness (QED) is 0.661. The molecule has 0 saturated heterocycles. The van der Waals surface area contributed by atoms with Gasteiger partial charge in [0.15, 0.2) is 0 Å². The number of amides is 1. The summed E-state index contributed by atoms with van der Waals surface area (Å²) in [5.41, 5.74) is 0.889. The second-order valence-corrected chi connectivity index (χ2v) is 5.04. The van der Waals surface area contributed by atoms with Crippen LogP contribution in [0.3, 0.4) is 0 Å². The van der Waals surface area contributed by atoms with Gasteiger partial charge in [0.25, 0.3) is 0 Å². The molecule has 0 aliphatic heterocycles. The van der Waals surface area contributed by atoms with E-state index in [1.807, 2.05) is 24.3 Å². The fourth-order valence-corrected chi connectivity index (χ4v) is 1.70. The molecule has 1 unspecified atom stereocenters. The van der Waals surface area contributed by atoms with Crippen molar-refractivity contribution in [3.63, 3.8) is 0 Å². The normalized spacial score (nSPS) is 11.7. The van der Waals surface area contributed by atoms with Gasteiger partial charge >= 0.3 is 5.97 Å². The molecule has 0 aliphatic rings. The fourth-order valence-electron chi connectivity index (χ4n) is 1.26. The first-order chi connectivity index (χ1) is 8.52. The molecule has 0 aliphatic carbocycles. The summed E-state index contributed by atoms with van der Waals surface area (Å²) in [6.45, 7) is 0.0591. The van der Waals surface area contributed by atoms with E-state index in [9.17, 15) is 9.59 Å². The standard InChI is InChI=1S/C12H13BrClNO3/c1-18-12(17)10(14)7-15-11(16)6-8-2-4-9(13)5-3-8/h2-5,10H,6-7H2,1H3,(H,15,16). The molecule has 1 rings (SSSR count). The Balaban J connectivity index is 2.38. The van der Waals surface area contributed by atoms with Gasteiger partial charge in [-0.05, 0) is 17.7 Å². The molecule has 0 bridgehead atoms. The number of methoxy groups -OCH3 is 1. The van der Waals surface area contributed by atoms with Crippen LogP contribution in [0.2, 0.25) is 0 Å². The van der Waals surface area contributed by atoms with Crippen LogP contribution in [-0.2, 0) is 20.7 Å². The van der Waals surface area contributed by atoms with Gasteiger partial charge in [-0.15, -0.1) is 11.6 Å². The van der Waals surface area contributed by atoms with Crippen molar-refractivity contribution < 1.29 is 14.3 Å². The maximum atomic E-state index is 11.6. The van der Waals surface area contributed by atoms with Gasteiger partial charge in [-0.1, -0.05) is 28.1 Å². The summed E-state index contributed by atoms with van der Waals surface area (Å²) >= 11 is 9.02. The van der Waals surface area contributed by atoms with E-state index in [1.165, 1.54) is 7.11 Å². The number of benzene rings is 1. The van der Waals surface area contributed by atoms with Gasteiger partial charge in [0, 0.05) is 11.0 Å². The predicted molar refractivity (Wildman–Crippen MR) is 72.5 cm³/mol. The molecule has 1 N–H and O–H groups in total. The molecule has 0 fully saturated rings. The van der Waals surface area contributed by atoms with Crippen molar-refractivity contribution in [3.8, 4) is 0 Å². The Morgan fingerprint density at radius 2 is 2.00 bits per heavy atom. The molecular formula is C12H13BrClNO3. The van der Waals surface area contributed by atoms with Gasteiger partial charge in [-0.25, -0.2) is 0 Å². The lowest BCUT2D eigenvalue weighted by atomic mass is 10.1. The van der Waals surface area contributed by atoms with Crippen LogP contribution in [0.5, 0.6) is 0 Å². The molecule has 98 valence electrons. The first-order valence-corrected chi connectivity index (χ1v) is 6.49. The van der Waals surface area contributed by atoms with Gasteiger partial charge in [0.2, 0.25) is 5.91 Å². The first kappa shape index (κ1) is 15.0. The number of carbonyl (C=O) groups excluding carboxylic acids is 2. The van der Waals surface area contributed by atoms with Crippen molar-refractivity contribution in [1.29, 1.82) is 0 Å². The van der Waals surface area contributed by atoms with E-state index in [1.54, 1.807) is 0 Å². The largest absolute Gasteiger partial charge is 0.468 e. The summed E-state index contributed by atoms with van der Waals surface area (Å²) < 4.78 is 5.40. The molecular weight excluding hydrogens is 321 g/mol. The van der Waals surface area contributed by atoms with E-state index in [-0.39, 0.29) is 18.9 Å². The number of ether oxygens (including phenoxy) is 1. The van der Waals surface area contributed by atoms with Crippen molar-refractivity contribution in [2.75, 3.05) is 13.7 Å². The maximum absolute atomic E-state index is 11.6. The topological polar surface area (TPSA) is 55.4 Å². The van der Waals surface area contributed by atoms with E-state index >= 15 is 0 Å². The summed E-state index contributed by atoms with van der Waals surface area (Å²) in [5.74, 6) is -0.743. The molecule has 1 aromatic carbocycles. The highest BCUT2D eigenvalue weighted by atomic mass is 79.9. The van der Waals surface area contributed by atoms with Gasteiger partial charge in [-0.2, -0.15) is 0 Å². The van der Waals surface area contributed by atoms with Crippen molar-refractivity contribution in [3.05, 3.63) is 34.3 Å². The lowest BCUT2D eigenvalue weighted by Gasteiger charge is -2.09. The molecule has 1 aromatic rings. The van der Waals surface area contributed by atoms with Gasteiger partial charge < -0.3 is 10.1 Å². The van der Waals surface area contributed by atoms with Crippen LogP contribution in [-0.4, -0.2) is 30.9 Å². The second kappa shape index (κ2) is 7.38. The SMILES string of the molecule is COC(=O)C(Cl)CNC(=O)Cc1ccc(Br)cc1. The molecule has 18 heavy (non-hydrogen) atoms. The average molecular weight is 335 g/mol. The van der Waals surface area contributed by atoms with Gasteiger partial charge in [0.1, 0.15) is 5.38 Å². The number of hydrogen-bond acceptors (Lipinski definition) is 3. The molecule has 0 saturated carbocycles. The van der Waals surface area contributed by atoms with Crippen molar-refractivity contribution in [2.45, 2.75) is 11.8 Å². The van der Waals surface area contributed by atoms with Crippen molar-refractivity contribution >= 4 is 39.4 Å². The number of hydrogen-bond donors (Lipinski definition) is 1. The number of alkyl halides is 1. The highest BCUT2D eigenvalue weighted by molar-refractivity contribution is 9.10. The lowest BCUT2D eigenvalue weighted by molar-refractivity contribution is -0.140. The third-order valence-corrected chi connectivity index (χ3v) is 3.07. The van der Waals surface area contributed by atoms with Crippen LogP contribution in [0.1, 0.15) is 5.56 Å². The second-order valence-electron chi connectivity index (χ2n) is 3.60. The predicted octanol–water partition coefficient (Wildman–Crippen LogP) is 1.89. The van der Waals surface area contributed by atoms with E-state index < -0.39 is 11.3 Å². The molecule has 1 atom stereocenters. The zero-order chi connectivity index (χ0) is 13.5. The van der Waals surface area contributed by atoms with Crippen LogP contribution in [0.15, 0.2) is 28.7 Å². The smallest absolute Gasteiger partial charge is 0.325 e.